The number of aromatic nitrogens is 2. The maximum atomic E-state index is 10.9. The number of nitrogens with zero attached hydrogens (tertiary/aromatic N) is 2. The fourth-order valence-electron chi connectivity index (χ4n) is 4.97. The number of halogens is 1. The molecule has 0 bridgehead atoms. The average molecular weight is 557 g/mol. The quantitative estimate of drug-likeness (QED) is 0.185. The Labute approximate surface area is 225 Å². The predicted octanol–water partition coefficient (Wildman–Crippen LogP) is 7.96. The van der Waals surface area contributed by atoms with E-state index in [9.17, 15) is 4.79 Å². The van der Waals surface area contributed by atoms with Crippen molar-refractivity contribution in [1.29, 1.82) is 0 Å². The number of aliphatic carboxylic acids is 1. The van der Waals surface area contributed by atoms with Gasteiger partial charge in [-0.1, -0.05) is 65.3 Å². The van der Waals surface area contributed by atoms with Crippen LogP contribution in [0.25, 0.3) is 28.1 Å². The van der Waals surface area contributed by atoms with Crippen molar-refractivity contribution < 1.29 is 14.6 Å². The molecule has 1 fully saturated rings. The average Bonchev–Trinajstić information content (AvgIpc) is 3.35. The molecular formula is C31H29BrN2O3. The van der Waals surface area contributed by atoms with E-state index < -0.39 is 5.97 Å². The van der Waals surface area contributed by atoms with Gasteiger partial charge in [-0.3, -0.25) is 0 Å². The minimum Gasteiger partial charge on any atom is -0.478 e. The van der Waals surface area contributed by atoms with Crippen LogP contribution in [-0.4, -0.2) is 27.5 Å². The summed E-state index contributed by atoms with van der Waals surface area (Å²) in [6, 6.07) is 23.0. The van der Waals surface area contributed by atoms with Gasteiger partial charge in [0.15, 0.2) is 6.23 Å². The maximum Gasteiger partial charge on any atom is 0.328 e. The molecule has 1 aliphatic rings. The molecule has 37 heavy (non-hydrogen) atoms. The van der Waals surface area contributed by atoms with Crippen molar-refractivity contribution in [3.8, 4) is 0 Å². The van der Waals surface area contributed by atoms with E-state index in [-0.39, 0.29) is 6.23 Å². The third kappa shape index (κ3) is 5.60. The van der Waals surface area contributed by atoms with Crippen LogP contribution in [0.1, 0.15) is 61.1 Å². The van der Waals surface area contributed by atoms with Gasteiger partial charge in [0.1, 0.15) is 0 Å². The summed E-state index contributed by atoms with van der Waals surface area (Å²) in [4.78, 5) is 10.9. The summed E-state index contributed by atoms with van der Waals surface area (Å²) < 4.78 is 9.05. The van der Waals surface area contributed by atoms with Crippen LogP contribution in [-0.2, 0) is 9.53 Å². The lowest BCUT2D eigenvalue weighted by Gasteiger charge is -2.23. The van der Waals surface area contributed by atoms with Crippen molar-refractivity contribution in [2.45, 2.75) is 38.8 Å². The highest BCUT2D eigenvalue weighted by molar-refractivity contribution is 9.10. The first-order valence-corrected chi connectivity index (χ1v) is 13.4. The summed E-state index contributed by atoms with van der Waals surface area (Å²) in [5, 5.41) is 14.7. The van der Waals surface area contributed by atoms with Gasteiger partial charge in [0, 0.05) is 22.5 Å². The number of benzene rings is 3. The van der Waals surface area contributed by atoms with Crippen LogP contribution < -0.4 is 0 Å². The smallest absolute Gasteiger partial charge is 0.328 e. The summed E-state index contributed by atoms with van der Waals surface area (Å²) in [6.45, 7) is 2.96. The van der Waals surface area contributed by atoms with Crippen molar-refractivity contribution in [3.63, 3.8) is 0 Å². The molecule has 188 valence electrons. The first kappa shape index (κ1) is 25.2. The van der Waals surface area contributed by atoms with Gasteiger partial charge in [0.2, 0.25) is 0 Å². The maximum absolute atomic E-state index is 10.9. The fourth-order valence-corrected chi connectivity index (χ4v) is 5.24. The van der Waals surface area contributed by atoms with Crippen molar-refractivity contribution in [2.24, 2.45) is 0 Å². The second-order valence-corrected chi connectivity index (χ2v) is 10.1. The Balaban J connectivity index is 1.62. The second-order valence-electron chi connectivity index (χ2n) is 9.19. The van der Waals surface area contributed by atoms with Crippen LogP contribution in [0.2, 0.25) is 0 Å². The van der Waals surface area contributed by atoms with Crippen LogP contribution in [0.5, 0.6) is 0 Å². The van der Waals surface area contributed by atoms with Crippen LogP contribution in [0.3, 0.4) is 0 Å². The van der Waals surface area contributed by atoms with Crippen LogP contribution in [0.4, 0.5) is 0 Å². The number of carboxylic acid groups (broad SMARTS) is 1. The first-order valence-electron chi connectivity index (χ1n) is 12.6. The SMILES string of the molecule is CCC(=C(c1ccc(C=CC(=O)O)cc1)c1ccc2c(cnn2C2CCCCO2)c1)c1ccc(Br)cc1. The number of allylic oxidation sites excluding steroid dienone is 1. The number of carbonyl (C=O) groups is 1. The molecule has 1 N–H and O–H groups in total. The molecule has 5 rings (SSSR count). The van der Waals surface area contributed by atoms with E-state index in [0.29, 0.717) is 0 Å². The highest BCUT2D eigenvalue weighted by atomic mass is 79.9. The zero-order valence-electron chi connectivity index (χ0n) is 20.7. The molecule has 1 unspecified atom stereocenters. The Bertz CT molecular complexity index is 1460. The highest BCUT2D eigenvalue weighted by Crippen LogP contribution is 2.37. The largest absolute Gasteiger partial charge is 0.478 e. The zero-order valence-corrected chi connectivity index (χ0v) is 22.3. The molecule has 1 aliphatic heterocycles. The van der Waals surface area contributed by atoms with Crippen molar-refractivity contribution >= 4 is 50.0 Å². The van der Waals surface area contributed by atoms with Gasteiger partial charge in [0.05, 0.1) is 11.7 Å². The number of hydrogen-bond donors (Lipinski definition) is 1. The summed E-state index contributed by atoms with van der Waals surface area (Å²) in [7, 11) is 0. The van der Waals surface area contributed by atoms with Gasteiger partial charge in [-0.25, -0.2) is 9.48 Å². The van der Waals surface area contributed by atoms with Crippen molar-refractivity contribution in [3.05, 3.63) is 106 Å². The number of carboxylic acids is 1. The standard InChI is InChI=1S/C31H29BrN2O3/c1-2-27(22-11-14-26(32)15-12-22)31(23-9-6-21(7-10-23)8-17-30(35)36)24-13-16-28-25(19-24)20-33-34(28)29-5-3-4-18-37-29/h6-17,19-20,29H,2-5,18H2,1H3,(H,35,36). The number of rotatable bonds is 7. The van der Waals surface area contributed by atoms with Crippen molar-refractivity contribution in [2.75, 3.05) is 6.61 Å². The molecule has 0 spiro atoms. The van der Waals surface area contributed by atoms with Crippen LogP contribution >= 0.6 is 15.9 Å². The molecule has 0 radical (unpaired) electrons. The van der Waals surface area contributed by atoms with Gasteiger partial charge >= 0.3 is 5.97 Å². The second kappa shape index (κ2) is 11.3. The normalized spacial score (nSPS) is 16.8. The Kier molecular flexibility index (Phi) is 7.68. The molecule has 0 aliphatic carbocycles. The van der Waals surface area contributed by atoms with E-state index in [4.69, 9.17) is 9.84 Å². The highest BCUT2D eigenvalue weighted by Gasteiger charge is 2.20. The summed E-state index contributed by atoms with van der Waals surface area (Å²) >= 11 is 3.55. The topological polar surface area (TPSA) is 64.3 Å². The van der Waals surface area contributed by atoms with E-state index >= 15 is 0 Å². The minimum atomic E-state index is -0.958. The molecule has 3 aromatic carbocycles. The minimum absolute atomic E-state index is 0.00696. The third-order valence-corrected chi connectivity index (χ3v) is 7.31. The third-order valence-electron chi connectivity index (χ3n) is 6.78. The predicted molar refractivity (Wildman–Crippen MR) is 152 cm³/mol. The lowest BCUT2D eigenvalue weighted by Crippen LogP contribution is -2.18. The molecule has 1 saturated heterocycles. The fraction of sp³-hybridized carbons (Fsp3) is 0.226. The van der Waals surface area contributed by atoms with Gasteiger partial charge in [-0.05, 0) is 89.4 Å². The van der Waals surface area contributed by atoms with Crippen LogP contribution in [0.15, 0.2) is 83.5 Å². The lowest BCUT2D eigenvalue weighted by atomic mass is 9.87. The molecule has 0 amide bonds. The summed E-state index contributed by atoms with van der Waals surface area (Å²) in [6.07, 6.45) is 8.79. The Morgan fingerprint density at radius 2 is 1.78 bits per heavy atom. The number of fused-ring (bicyclic) bond motifs is 1. The molecular weight excluding hydrogens is 528 g/mol. The molecule has 1 aromatic heterocycles. The summed E-state index contributed by atoms with van der Waals surface area (Å²) in [5.74, 6) is -0.958. The molecule has 4 aromatic rings. The first-order chi connectivity index (χ1) is 18.0. The van der Waals surface area contributed by atoms with Crippen molar-refractivity contribution in [1.82, 2.24) is 9.78 Å². The van der Waals surface area contributed by atoms with Crippen LogP contribution in [0, 0.1) is 0 Å². The molecule has 2 heterocycles. The molecule has 0 saturated carbocycles. The van der Waals surface area contributed by atoms with Gasteiger partial charge in [0.25, 0.3) is 0 Å². The van der Waals surface area contributed by atoms with E-state index in [0.717, 1.165) is 76.0 Å². The molecule has 1 atom stereocenters. The van der Waals surface area contributed by atoms with Gasteiger partial charge in [-0.15, -0.1) is 0 Å². The Morgan fingerprint density at radius 1 is 1.05 bits per heavy atom. The Hall–Kier alpha value is -3.48. The van der Waals surface area contributed by atoms with E-state index in [1.165, 1.54) is 11.1 Å². The lowest BCUT2D eigenvalue weighted by molar-refractivity contribution is -0.131. The molecule has 5 nitrogen and oxygen atoms in total. The Morgan fingerprint density at radius 3 is 2.46 bits per heavy atom. The van der Waals surface area contributed by atoms with Gasteiger partial charge in [-0.2, -0.15) is 5.10 Å². The summed E-state index contributed by atoms with van der Waals surface area (Å²) in [5.41, 5.74) is 7.68. The zero-order chi connectivity index (χ0) is 25.8. The molecule has 6 heteroatoms. The van der Waals surface area contributed by atoms with E-state index in [2.05, 4.69) is 82.5 Å². The monoisotopic (exact) mass is 556 g/mol. The van der Waals surface area contributed by atoms with E-state index in [1.807, 2.05) is 23.0 Å². The number of ether oxygens (including phenoxy) is 1. The van der Waals surface area contributed by atoms with E-state index in [1.54, 1.807) is 6.08 Å². The van der Waals surface area contributed by atoms with Gasteiger partial charge < -0.3 is 9.84 Å². The number of hydrogen-bond acceptors (Lipinski definition) is 3.